The quantitative estimate of drug-likeness (QED) is 0.726. The predicted octanol–water partition coefficient (Wildman–Crippen LogP) is 4.60. The summed E-state index contributed by atoms with van der Waals surface area (Å²) >= 11 is 6.00. The van der Waals surface area contributed by atoms with E-state index in [1.165, 1.54) is 11.1 Å². The molecule has 0 bridgehead atoms. The molecule has 112 valence electrons. The van der Waals surface area contributed by atoms with Crippen molar-refractivity contribution in [2.45, 2.75) is 25.6 Å². The van der Waals surface area contributed by atoms with Gasteiger partial charge < -0.3 is 9.47 Å². The molecule has 0 aliphatic carbocycles. The van der Waals surface area contributed by atoms with Gasteiger partial charge in [0.05, 0.1) is 20.1 Å². The van der Waals surface area contributed by atoms with E-state index in [1.54, 1.807) is 14.2 Å². The van der Waals surface area contributed by atoms with Gasteiger partial charge >= 0.3 is 0 Å². The molecule has 0 aromatic heterocycles. The van der Waals surface area contributed by atoms with Gasteiger partial charge in [-0.2, -0.15) is 0 Å². The molecule has 2 aromatic carbocycles. The summed E-state index contributed by atoms with van der Waals surface area (Å²) < 4.78 is 10.8. The zero-order chi connectivity index (χ0) is 15.2. The highest BCUT2D eigenvalue weighted by molar-refractivity contribution is 6.17. The Hall–Kier alpha value is -1.67. The molecule has 2 nitrogen and oxygen atoms in total. The molecule has 0 fully saturated rings. The second-order valence-corrected chi connectivity index (χ2v) is 5.22. The van der Waals surface area contributed by atoms with Gasteiger partial charge in [-0.05, 0) is 29.2 Å². The molecule has 0 atom stereocenters. The Morgan fingerprint density at radius 1 is 0.857 bits per heavy atom. The number of aryl methyl sites for hydroxylation is 1. The minimum Gasteiger partial charge on any atom is -0.496 e. The first kappa shape index (κ1) is 15.7. The van der Waals surface area contributed by atoms with Crippen LogP contribution in [-0.2, 0) is 18.7 Å². The van der Waals surface area contributed by atoms with Crippen LogP contribution in [0.5, 0.6) is 11.5 Å². The summed E-state index contributed by atoms with van der Waals surface area (Å²) in [6.45, 7) is 2.16. The van der Waals surface area contributed by atoms with Crippen molar-refractivity contribution in [2.75, 3.05) is 14.2 Å². The number of hydrogen-bond donors (Lipinski definition) is 0. The second kappa shape index (κ2) is 7.37. The van der Waals surface area contributed by atoms with Crippen LogP contribution in [0.3, 0.4) is 0 Å². The number of rotatable bonds is 6. The third kappa shape index (κ3) is 3.70. The molecule has 0 heterocycles. The van der Waals surface area contributed by atoms with Crippen molar-refractivity contribution in [2.24, 2.45) is 0 Å². The second-order valence-electron chi connectivity index (χ2n) is 4.96. The minimum atomic E-state index is 0.426. The summed E-state index contributed by atoms with van der Waals surface area (Å²) in [7, 11) is 3.33. The van der Waals surface area contributed by atoms with Gasteiger partial charge in [0.15, 0.2) is 0 Å². The summed E-state index contributed by atoms with van der Waals surface area (Å²) in [6, 6.07) is 12.7. The Bertz CT molecular complexity index is 591. The summed E-state index contributed by atoms with van der Waals surface area (Å²) in [6.07, 6.45) is 1.88. The first-order valence-corrected chi connectivity index (χ1v) is 7.62. The molecular formula is C18H21ClO2. The Kier molecular flexibility index (Phi) is 5.51. The zero-order valence-electron chi connectivity index (χ0n) is 12.8. The van der Waals surface area contributed by atoms with Crippen LogP contribution >= 0.6 is 11.6 Å². The van der Waals surface area contributed by atoms with Crippen molar-refractivity contribution in [3.8, 4) is 11.5 Å². The van der Waals surface area contributed by atoms with E-state index in [1.807, 2.05) is 6.07 Å². The van der Waals surface area contributed by atoms with E-state index in [0.717, 1.165) is 35.5 Å². The van der Waals surface area contributed by atoms with Crippen molar-refractivity contribution in [3.63, 3.8) is 0 Å². The largest absolute Gasteiger partial charge is 0.496 e. The summed E-state index contributed by atoms with van der Waals surface area (Å²) in [4.78, 5) is 0. The highest BCUT2D eigenvalue weighted by Gasteiger charge is 2.11. The van der Waals surface area contributed by atoms with Gasteiger partial charge in [0.2, 0.25) is 0 Å². The SMILES string of the molecule is CCc1ccc(Cc2cc(CCl)c(OC)cc2OC)cc1. The molecule has 0 N–H and O–H groups in total. The number of halogens is 1. The van der Waals surface area contributed by atoms with Gasteiger partial charge in [-0.3, -0.25) is 0 Å². The topological polar surface area (TPSA) is 18.5 Å². The van der Waals surface area contributed by atoms with Crippen LogP contribution in [0.2, 0.25) is 0 Å². The number of alkyl halides is 1. The molecule has 3 heteroatoms. The number of ether oxygens (including phenoxy) is 2. The standard InChI is InChI=1S/C18H21ClO2/c1-4-13-5-7-14(8-6-13)9-15-10-16(12-19)18(21-3)11-17(15)20-2/h5-8,10-11H,4,9,12H2,1-3H3. The average molecular weight is 305 g/mol. The van der Waals surface area contributed by atoms with E-state index < -0.39 is 0 Å². The first-order valence-electron chi connectivity index (χ1n) is 7.09. The molecule has 0 saturated carbocycles. The van der Waals surface area contributed by atoms with E-state index in [2.05, 4.69) is 37.3 Å². The average Bonchev–Trinajstić information content (AvgIpc) is 2.55. The van der Waals surface area contributed by atoms with Crippen molar-refractivity contribution in [1.82, 2.24) is 0 Å². The van der Waals surface area contributed by atoms with Gasteiger partial charge in [-0.15, -0.1) is 11.6 Å². The molecule has 0 spiro atoms. The van der Waals surface area contributed by atoms with Crippen LogP contribution in [0.1, 0.15) is 29.2 Å². The van der Waals surface area contributed by atoms with Crippen molar-refractivity contribution in [3.05, 3.63) is 58.7 Å². The van der Waals surface area contributed by atoms with Crippen LogP contribution in [0.25, 0.3) is 0 Å². The first-order chi connectivity index (χ1) is 10.2. The molecule has 0 radical (unpaired) electrons. The fourth-order valence-corrected chi connectivity index (χ4v) is 2.60. The van der Waals surface area contributed by atoms with Gasteiger partial charge in [0, 0.05) is 18.1 Å². The van der Waals surface area contributed by atoms with Crippen LogP contribution in [0, 0.1) is 0 Å². The van der Waals surface area contributed by atoms with Crippen LogP contribution in [-0.4, -0.2) is 14.2 Å². The number of hydrogen-bond acceptors (Lipinski definition) is 2. The minimum absolute atomic E-state index is 0.426. The molecule has 0 amide bonds. The molecule has 2 aromatic rings. The monoisotopic (exact) mass is 304 g/mol. The van der Waals surface area contributed by atoms with E-state index in [4.69, 9.17) is 21.1 Å². The fraction of sp³-hybridized carbons (Fsp3) is 0.333. The third-order valence-electron chi connectivity index (χ3n) is 3.65. The van der Waals surface area contributed by atoms with Crippen LogP contribution in [0.4, 0.5) is 0 Å². The highest BCUT2D eigenvalue weighted by Crippen LogP contribution is 2.31. The van der Waals surface area contributed by atoms with Gasteiger partial charge in [0.25, 0.3) is 0 Å². The summed E-state index contributed by atoms with van der Waals surface area (Å²) in [5.41, 5.74) is 4.72. The zero-order valence-corrected chi connectivity index (χ0v) is 13.5. The predicted molar refractivity (Wildman–Crippen MR) is 87.7 cm³/mol. The lowest BCUT2D eigenvalue weighted by molar-refractivity contribution is 0.389. The lowest BCUT2D eigenvalue weighted by Gasteiger charge is -2.14. The highest BCUT2D eigenvalue weighted by atomic mass is 35.5. The van der Waals surface area contributed by atoms with E-state index in [9.17, 15) is 0 Å². The summed E-state index contributed by atoms with van der Waals surface area (Å²) in [5.74, 6) is 2.03. The van der Waals surface area contributed by atoms with Crippen LogP contribution < -0.4 is 9.47 Å². The Labute approximate surface area is 131 Å². The molecule has 0 saturated heterocycles. The Balaban J connectivity index is 2.32. The molecule has 0 aliphatic rings. The lowest BCUT2D eigenvalue weighted by atomic mass is 10.00. The van der Waals surface area contributed by atoms with Gasteiger partial charge in [0.1, 0.15) is 11.5 Å². The molecular weight excluding hydrogens is 284 g/mol. The Morgan fingerprint density at radius 3 is 1.95 bits per heavy atom. The molecule has 0 aliphatic heterocycles. The van der Waals surface area contributed by atoms with Crippen LogP contribution in [0.15, 0.2) is 36.4 Å². The van der Waals surface area contributed by atoms with Gasteiger partial charge in [-0.25, -0.2) is 0 Å². The fourth-order valence-electron chi connectivity index (χ4n) is 2.39. The Morgan fingerprint density at radius 2 is 1.43 bits per heavy atom. The van der Waals surface area contributed by atoms with Crippen molar-refractivity contribution < 1.29 is 9.47 Å². The maximum atomic E-state index is 6.00. The van der Waals surface area contributed by atoms with E-state index >= 15 is 0 Å². The molecule has 21 heavy (non-hydrogen) atoms. The summed E-state index contributed by atoms with van der Waals surface area (Å²) in [5, 5.41) is 0. The van der Waals surface area contributed by atoms with Crippen molar-refractivity contribution in [1.29, 1.82) is 0 Å². The smallest absolute Gasteiger partial charge is 0.126 e. The third-order valence-corrected chi connectivity index (χ3v) is 3.94. The molecule has 0 unspecified atom stereocenters. The number of benzene rings is 2. The van der Waals surface area contributed by atoms with E-state index in [-0.39, 0.29) is 0 Å². The van der Waals surface area contributed by atoms with Gasteiger partial charge in [-0.1, -0.05) is 31.2 Å². The molecule has 2 rings (SSSR count). The maximum Gasteiger partial charge on any atom is 0.126 e. The van der Waals surface area contributed by atoms with Crippen molar-refractivity contribution >= 4 is 11.6 Å². The lowest BCUT2D eigenvalue weighted by Crippen LogP contribution is -1.98. The maximum absolute atomic E-state index is 6.00. The number of methoxy groups -OCH3 is 2. The van der Waals surface area contributed by atoms with E-state index in [0.29, 0.717) is 5.88 Å². The normalized spacial score (nSPS) is 10.5.